The number of nitriles is 1. The number of rotatable bonds is 6. The molecule has 0 unspecified atom stereocenters. The zero-order valence-corrected chi connectivity index (χ0v) is 8.90. The minimum Gasteiger partial charge on any atom is -0.379 e. The van der Waals surface area contributed by atoms with E-state index in [2.05, 4.69) is 6.07 Å². The molecule has 3 heteroatoms. The summed E-state index contributed by atoms with van der Waals surface area (Å²) in [5, 5.41) is 8.83. The van der Waals surface area contributed by atoms with Crippen molar-refractivity contribution in [3.63, 3.8) is 0 Å². The summed E-state index contributed by atoms with van der Waals surface area (Å²) in [7, 11) is 0. The third kappa shape index (κ3) is 4.11. The molecule has 0 aliphatic carbocycles. The van der Waals surface area contributed by atoms with Crippen LogP contribution in [0.1, 0.15) is 18.1 Å². The second-order valence-electron chi connectivity index (χ2n) is 3.02. The first-order chi connectivity index (χ1) is 7.38. The van der Waals surface area contributed by atoms with E-state index in [-0.39, 0.29) is 0 Å². The molecule has 1 aromatic carbocycles. The zero-order valence-electron chi connectivity index (χ0n) is 8.90. The van der Waals surface area contributed by atoms with Crippen LogP contribution in [0.25, 0.3) is 0 Å². The van der Waals surface area contributed by atoms with E-state index in [0.29, 0.717) is 32.0 Å². The molecule has 1 rings (SSSR count). The minimum absolute atomic E-state index is 0.469. The van der Waals surface area contributed by atoms with Crippen molar-refractivity contribution < 1.29 is 9.47 Å². The summed E-state index contributed by atoms with van der Waals surface area (Å²) in [6.07, 6.45) is 0. The van der Waals surface area contributed by atoms with E-state index in [9.17, 15) is 0 Å². The van der Waals surface area contributed by atoms with Gasteiger partial charge in [0.1, 0.15) is 0 Å². The molecule has 0 saturated heterocycles. The van der Waals surface area contributed by atoms with Crippen molar-refractivity contribution in [3.05, 3.63) is 35.4 Å². The molecule has 1 aromatic rings. The first kappa shape index (κ1) is 11.7. The van der Waals surface area contributed by atoms with E-state index in [4.69, 9.17) is 14.7 Å². The molecule has 0 heterocycles. The van der Waals surface area contributed by atoms with E-state index >= 15 is 0 Å². The van der Waals surface area contributed by atoms with Gasteiger partial charge < -0.3 is 9.47 Å². The second-order valence-corrected chi connectivity index (χ2v) is 3.02. The lowest BCUT2D eigenvalue weighted by atomic mass is 10.1. The van der Waals surface area contributed by atoms with Crippen LogP contribution in [0.3, 0.4) is 0 Å². The Morgan fingerprint density at radius 2 is 1.93 bits per heavy atom. The number of ether oxygens (including phenoxy) is 2. The van der Waals surface area contributed by atoms with Crippen LogP contribution in [0.5, 0.6) is 0 Å². The molecule has 0 aliphatic rings. The highest BCUT2D eigenvalue weighted by Crippen LogP contribution is 2.08. The van der Waals surface area contributed by atoms with E-state index in [1.807, 2.05) is 25.1 Å². The molecular formula is C12H15NO2. The normalized spacial score (nSPS) is 9.87. The van der Waals surface area contributed by atoms with Crippen molar-refractivity contribution in [2.45, 2.75) is 13.5 Å². The molecule has 3 nitrogen and oxygen atoms in total. The number of hydrogen-bond donors (Lipinski definition) is 0. The Morgan fingerprint density at radius 1 is 1.20 bits per heavy atom. The van der Waals surface area contributed by atoms with Crippen LogP contribution in [0, 0.1) is 11.3 Å². The van der Waals surface area contributed by atoms with Crippen molar-refractivity contribution in [1.29, 1.82) is 5.26 Å². The van der Waals surface area contributed by atoms with Gasteiger partial charge in [0.2, 0.25) is 0 Å². The van der Waals surface area contributed by atoms with Gasteiger partial charge in [-0.05, 0) is 18.6 Å². The zero-order chi connectivity index (χ0) is 10.9. The van der Waals surface area contributed by atoms with Crippen LogP contribution in [0.2, 0.25) is 0 Å². The topological polar surface area (TPSA) is 42.2 Å². The quantitative estimate of drug-likeness (QED) is 0.668. The van der Waals surface area contributed by atoms with Gasteiger partial charge in [0.05, 0.1) is 31.5 Å². The molecule has 0 amide bonds. The van der Waals surface area contributed by atoms with Crippen molar-refractivity contribution in [3.8, 4) is 6.07 Å². The molecule has 0 fully saturated rings. The molecule has 0 aromatic heterocycles. The SMILES string of the molecule is CCOCCOCc1ccccc1C#N. The van der Waals surface area contributed by atoms with Crippen LogP contribution in [0.15, 0.2) is 24.3 Å². The molecule has 0 N–H and O–H groups in total. The highest BCUT2D eigenvalue weighted by atomic mass is 16.5. The van der Waals surface area contributed by atoms with Gasteiger partial charge in [-0.1, -0.05) is 18.2 Å². The Bertz CT molecular complexity index is 331. The average molecular weight is 205 g/mol. The predicted octanol–water partition coefficient (Wildman–Crippen LogP) is 2.11. The van der Waals surface area contributed by atoms with E-state index in [0.717, 1.165) is 5.56 Å². The Balaban J connectivity index is 2.34. The van der Waals surface area contributed by atoms with Gasteiger partial charge in [0.25, 0.3) is 0 Å². The highest BCUT2D eigenvalue weighted by Gasteiger charge is 1.99. The molecule has 80 valence electrons. The number of benzene rings is 1. The molecule has 0 aliphatic heterocycles. The van der Waals surface area contributed by atoms with Gasteiger partial charge in [0.15, 0.2) is 0 Å². The van der Waals surface area contributed by atoms with Crippen molar-refractivity contribution in [1.82, 2.24) is 0 Å². The largest absolute Gasteiger partial charge is 0.379 e. The van der Waals surface area contributed by atoms with Gasteiger partial charge in [-0.15, -0.1) is 0 Å². The molecule has 0 spiro atoms. The third-order valence-corrected chi connectivity index (χ3v) is 1.97. The van der Waals surface area contributed by atoms with Gasteiger partial charge in [-0.2, -0.15) is 5.26 Å². The van der Waals surface area contributed by atoms with E-state index in [1.165, 1.54) is 0 Å². The van der Waals surface area contributed by atoms with E-state index in [1.54, 1.807) is 6.07 Å². The Kier molecular flexibility index (Phi) is 5.46. The monoisotopic (exact) mass is 205 g/mol. The van der Waals surface area contributed by atoms with Gasteiger partial charge in [-0.3, -0.25) is 0 Å². The summed E-state index contributed by atoms with van der Waals surface area (Å²) < 4.78 is 10.5. The molecule has 0 bridgehead atoms. The fraction of sp³-hybridized carbons (Fsp3) is 0.417. The molecule has 0 saturated carbocycles. The van der Waals surface area contributed by atoms with Crippen molar-refractivity contribution >= 4 is 0 Å². The van der Waals surface area contributed by atoms with Gasteiger partial charge in [0, 0.05) is 6.61 Å². The highest BCUT2D eigenvalue weighted by molar-refractivity contribution is 5.36. The first-order valence-electron chi connectivity index (χ1n) is 5.02. The summed E-state index contributed by atoms with van der Waals surface area (Å²) in [4.78, 5) is 0. The number of hydrogen-bond acceptors (Lipinski definition) is 3. The van der Waals surface area contributed by atoms with Gasteiger partial charge >= 0.3 is 0 Å². The van der Waals surface area contributed by atoms with Crippen LogP contribution in [-0.2, 0) is 16.1 Å². The van der Waals surface area contributed by atoms with Crippen LogP contribution < -0.4 is 0 Å². The predicted molar refractivity (Wildman–Crippen MR) is 57.3 cm³/mol. The molecular weight excluding hydrogens is 190 g/mol. The van der Waals surface area contributed by atoms with Crippen LogP contribution in [0.4, 0.5) is 0 Å². The molecule has 0 atom stereocenters. The van der Waals surface area contributed by atoms with Crippen molar-refractivity contribution in [2.24, 2.45) is 0 Å². The van der Waals surface area contributed by atoms with Crippen molar-refractivity contribution in [2.75, 3.05) is 19.8 Å². The maximum absolute atomic E-state index is 8.83. The Hall–Kier alpha value is -1.37. The minimum atomic E-state index is 0.469. The third-order valence-electron chi connectivity index (χ3n) is 1.97. The van der Waals surface area contributed by atoms with Crippen LogP contribution in [-0.4, -0.2) is 19.8 Å². The molecule has 15 heavy (non-hydrogen) atoms. The lowest BCUT2D eigenvalue weighted by Gasteiger charge is -2.05. The maximum Gasteiger partial charge on any atom is 0.0995 e. The summed E-state index contributed by atoms with van der Waals surface area (Å²) in [5.41, 5.74) is 1.60. The summed E-state index contributed by atoms with van der Waals surface area (Å²) in [5.74, 6) is 0. The summed E-state index contributed by atoms with van der Waals surface area (Å²) >= 11 is 0. The smallest absolute Gasteiger partial charge is 0.0995 e. The first-order valence-corrected chi connectivity index (χ1v) is 5.02. The van der Waals surface area contributed by atoms with Crippen LogP contribution >= 0.6 is 0 Å². The fourth-order valence-electron chi connectivity index (χ4n) is 1.20. The fourth-order valence-corrected chi connectivity index (χ4v) is 1.20. The standard InChI is InChI=1S/C12H15NO2/c1-2-14-7-8-15-10-12-6-4-3-5-11(12)9-13/h3-6H,2,7-8,10H2,1H3. The summed E-state index contributed by atoms with van der Waals surface area (Å²) in [6.45, 7) is 4.29. The lowest BCUT2D eigenvalue weighted by Crippen LogP contribution is -2.04. The average Bonchev–Trinajstić information content (AvgIpc) is 2.29. The Labute approximate surface area is 90.2 Å². The number of nitrogens with zero attached hydrogens (tertiary/aromatic N) is 1. The Morgan fingerprint density at radius 3 is 2.67 bits per heavy atom. The lowest BCUT2D eigenvalue weighted by molar-refractivity contribution is 0.0452. The maximum atomic E-state index is 8.83. The van der Waals surface area contributed by atoms with Gasteiger partial charge in [-0.25, -0.2) is 0 Å². The second kappa shape index (κ2) is 6.99. The summed E-state index contributed by atoms with van der Waals surface area (Å²) in [6, 6.07) is 9.59. The molecule has 0 radical (unpaired) electrons. The van der Waals surface area contributed by atoms with E-state index < -0.39 is 0 Å².